The maximum absolute atomic E-state index is 4.65. The Bertz CT molecular complexity index is 428. The Balaban J connectivity index is 1.61. The van der Waals surface area contributed by atoms with Crippen molar-refractivity contribution in [2.75, 3.05) is 7.05 Å². The Morgan fingerprint density at radius 2 is 2.05 bits per heavy atom. The fourth-order valence-electron chi connectivity index (χ4n) is 4.46. The van der Waals surface area contributed by atoms with Gasteiger partial charge in [-0.05, 0) is 51.0 Å². The van der Waals surface area contributed by atoms with Crippen molar-refractivity contribution in [2.24, 2.45) is 17.8 Å². The van der Waals surface area contributed by atoms with Gasteiger partial charge in [0.05, 0.1) is 5.01 Å². The summed E-state index contributed by atoms with van der Waals surface area (Å²) in [5.41, 5.74) is 1.18. The van der Waals surface area contributed by atoms with Crippen LogP contribution in [0.25, 0.3) is 0 Å². The first-order valence-electron chi connectivity index (χ1n) is 8.34. The minimum Gasteiger partial charge on any atom is -0.316 e. The number of fused-ring (bicyclic) bond motifs is 1. The Hall–Kier alpha value is -0.410. The molecule has 1 aromatic heterocycles. The van der Waals surface area contributed by atoms with Crippen LogP contribution in [0, 0.1) is 24.7 Å². The van der Waals surface area contributed by atoms with Crippen LogP contribution in [0.1, 0.15) is 55.6 Å². The van der Waals surface area contributed by atoms with Crippen LogP contribution >= 0.6 is 11.3 Å². The molecular formula is C17H28N2S. The molecule has 1 N–H and O–H groups in total. The maximum atomic E-state index is 4.65. The van der Waals surface area contributed by atoms with Gasteiger partial charge in [-0.1, -0.05) is 25.7 Å². The standard InChI is InChI=1S/C17H28N2S/c1-12-11-20-17(19-12)10-16(18-2)15-8-7-13-5-3-4-6-14(13)9-15/h11,13-16,18H,3-10H2,1-2H3. The highest BCUT2D eigenvalue weighted by Crippen LogP contribution is 2.43. The van der Waals surface area contributed by atoms with Crippen LogP contribution in [0.4, 0.5) is 0 Å². The molecule has 0 amide bonds. The van der Waals surface area contributed by atoms with E-state index < -0.39 is 0 Å². The van der Waals surface area contributed by atoms with E-state index in [4.69, 9.17) is 0 Å². The van der Waals surface area contributed by atoms with Gasteiger partial charge in [0.25, 0.3) is 0 Å². The zero-order chi connectivity index (χ0) is 13.9. The van der Waals surface area contributed by atoms with Crippen molar-refractivity contribution in [3.8, 4) is 0 Å². The molecule has 3 rings (SSSR count). The normalized spacial score (nSPS) is 31.8. The van der Waals surface area contributed by atoms with E-state index in [0.29, 0.717) is 6.04 Å². The molecule has 20 heavy (non-hydrogen) atoms. The lowest BCUT2D eigenvalue weighted by atomic mass is 9.66. The van der Waals surface area contributed by atoms with Crippen LogP contribution in [0.5, 0.6) is 0 Å². The third kappa shape index (κ3) is 3.25. The Morgan fingerprint density at radius 1 is 1.25 bits per heavy atom. The van der Waals surface area contributed by atoms with Gasteiger partial charge in [-0.3, -0.25) is 0 Å². The number of hydrogen-bond donors (Lipinski definition) is 1. The van der Waals surface area contributed by atoms with E-state index in [9.17, 15) is 0 Å². The molecule has 112 valence electrons. The molecule has 1 heterocycles. The fraction of sp³-hybridized carbons (Fsp3) is 0.824. The first-order chi connectivity index (χ1) is 9.76. The van der Waals surface area contributed by atoms with Crippen LogP contribution in [0.15, 0.2) is 5.38 Å². The molecule has 0 radical (unpaired) electrons. The number of nitrogens with one attached hydrogen (secondary N) is 1. The summed E-state index contributed by atoms with van der Waals surface area (Å²) in [4.78, 5) is 4.65. The Labute approximate surface area is 127 Å². The van der Waals surface area contributed by atoms with Crippen LogP contribution in [-0.2, 0) is 6.42 Å². The molecule has 2 fully saturated rings. The summed E-state index contributed by atoms with van der Waals surface area (Å²) in [5.74, 6) is 2.94. The van der Waals surface area contributed by atoms with Crippen LogP contribution in [-0.4, -0.2) is 18.1 Å². The lowest BCUT2D eigenvalue weighted by molar-refractivity contribution is 0.111. The van der Waals surface area contributed by atoms with Crippen molar-refractivity contribution in [3.63, 3.8) is 0 Å². The SMILES string of the molecule is CNC(Cc1nc(C)cs1)C1CCC2CCCCC2C1. The van der Waals surface area contributed by atoms with E-state index in [1.807, 2.05) is 11.3 Å². The first kappa shape index (κ1) is 14.5. The second kappa shape index (κ2) is 6.57. The minimum atomic E-state index is 0.628. The predicted octanol–water partition coefficient (Wildman–Crippen LogP) is 4.19. The highest BCUT2D eigenvalue weighted by Gasteiger charge is 2.35. The van der Waals surface area contributed by atoms with Gasteiger partial charge >= 0.3 is 0 Å². The van der Waals surface area contributed by atoms with Gasteiger partial charge in [-0.15, -0.1) is 11.3 Å². The van der Waals surface area contributed by atoms with Crippen molar-refractivity contribution in [3.05, 3.63) is 16.1 Å². The molecule has 0 spiro atoms. The third-order valence-corrected chi connectivity index (χ3v) is 6.57. The molecule has 1 aromatic rings. The van der Waals surface area contributed by atoms with Crippen molar-refractivity contribution in [1.29, 1.82) is 0 Å². The smallest absolute Gasteiger partial charge is 0.0943 e. The molecule has 2 aliphatic carbocycles. The topological polar surface area (TPSA) is 24.9 Å². The second-order valence-corrected chi connectivity index (χ2v) is 7.80. The molecule has 0 bridgehead atoms. The monoisotopic (exact) mass is 292 g/mol. The number of rotatable bonds is 4. The molecule has 2 saturated carbocycles. The number of nitrogens with zero attached hydrogens (tertiary/aromatic N) is 1. The molecular weight excluding hydrogens is 264 g/mol. The molecule has 4 unspecified atom stereocenters. The molecule has 3 heteroatoms. The average Bonchev–Trinajstić information content (AvgIpc) is 2.89. The van der Waals surface area contributed by atoms with Gasteiger partial charge in [0.2, 0.25) is 0 Å². The summed E-state index contributed by atoms with van der Waals surface area (Å²) in [7, 11) is 2.14. The molecule has 0 saturated heterocycles. The highest BCUT2D eigenvalue weighted by atomic mass is 32.1. The van der Waals surface area contributed by atoms with Crippen molar-refractivity contribution < 1.29 is 0 Å². The molecule has 2 aliphatic rings. The van der Waals surface area contributed by atoms with Crippen LogP contribution in [0.2, 0.25) is 0 Å². The van der Waals surface area contributed by atoms with Crippen molar-refractivity contribution in [1.82, 2.24) is 10.3 Å². The average molecular weight is 292 g/mol. The van der Waals surface area contributed by atoms with Crippen molar-refractivity contribution >= 4 is 11.3 Å². The lowest BCUT2D eigenvalue weighted by Gasteiger charge is -2.41. The molecule has 2 nitrogen and oxygen atoms in total. The summed E-state index contributed by atoms with van der Waals surface area (Å²) in [6, 6.07) is 0.628. The summed E-state index contributed by atoms with van der Waals surface area (Å²) < 4.78 is 0. The lowest BCUT2D eigenvalue weighted by Crippen LogP contribution is -2.40. The number of aryl methyl sites for hydroxylation is 1. The number of likely N-dealkylation sites (N-methyl/N-ethyl adjacent to an activating group) is 1. The molecule has 0 aliphatic heterocycles. The largest absolute Gasteiger partial charge is 0.316 e. The van der Waals surface area contributed by atoms with E-state index in [2.05, 4.69) is 29.7 Å². The van der Waals surface area contributed by atoms with Gasteiger partial charge in [-0.25, -0.2) is 4.98 Å². The van der Waals surface area contributed by atoms with E-state index in [1.54, 1.807) is 0 Å². The molecule has 0 aromatic carbocycles. The van der Waals surface area contributed by atoms with Gasteiger partial charge in [0, 0.05) is 23.5 Å². The first-order valence-corrected chi connectivity index (χ1v) is 9.22. The number of thiazole rings is 1. The van der Waals surface area contributed by atoms with Crippen LogP contribution < -0.4 is 5.32 Å². The van der Waals surface area contributed by atoms with Gasteiger partial charge in [0.15, 0.2) is 0 Å². The Kier molecular flexibility index (Phi) is 4.77. The summed E-state index contributed by atoms with van der Waals surface area (Å²) in [6.45, 7) is 2.10. The summed E-state index contributed by atoms with van der Waals surface area (Å²) in [5, 5.41) is 7.08. The second-order valence-electron chi connectivity index (χ2n) is 6.86. The van der Waals surface area contributed by atoms with E-state index in [1.165, 1.54) is 55.6 Å². The number of aromatic nitrogens is 1. The minimum absolute atomic E-state index is 0.628. The van der Waals surface area contributed by atoms with Crippen LogP contribution in [0.3, 0.4) is 0 Å². The summed E-state index contributed by atoms with van der Waals surface area (Å²) in [6.07, 6.45) is 11.4. The Morgan fingerprint density at radius 3 is 2.75 bits per heavy atom. The fourth-order valence-corrected chi connectivity index (χ4v) is 5.30. The third-order valence-electron chi connectivity index (χ3n) is 5.58. The van der Waals surface area contributed by atoms with E-state index >= 15 is 0 Å². The zero-order valence-electron chi connectivity index (χ0n) is 12.9. The predicted molar refractivity (Wildman–Crippen MR) is 86.2 cm³/mol. The highest BCUT2D eigenvalue weighted by molar-refractivity contribution is 7.09. The zero-order valence-corrected chi connectivity index (χ0v) is 13.7. The van der Waals surface area contributed by atoms with E-state index in [0.717, 1.165) is 24.2 Å². The van der Waals surface area contributed by atoms with Crippen molar-refractivity contribution in [2.45, 2.75) is 64.3 Å². The quantitative estimate of drug-likeness (QED) is 0.900. The maximum Gasteiger partial charge on any atom is 0.0943 e. The summed E-state index contributed by atoms with van der Waals surface area (Å²) >= 11 is 1.83. The van der Waals surface area contributed by atoms with Gasteiger partial charge in [0.1, 0.15) is 0 Å². The van der Waals surface area contributed by atoms with Gasteiger partial charge < -0.3 is 5.32 Å². The van der Waals surface area contributed by atoms with Gasteiger partial charge in [-0.2, -0.15) is 0 Å². The number of hydrogen-bond acceptors (Lipinski definition) is 3. The van der Waals surface area contributed by atoms with E-state index in [-0.39, 0.29) is 0 Å². The molecule has 4 atom stereocenters.